The second kappa shape index (κ2) is 9.05. The van der Waals surface area contributed by atoms with Gasteiger partial charge in [0.05, 0.1) is 12.2 Å². The number of hydrogen-bond donors (Lipinski definition) is 4. The van der Waals surface area contributed by atoms with Gasteiger partial charge in [0.1, 0.15) is 17.8 Å². The van der Waals surface area contributed by atoms with Gasteiger partial charge in [-0.15, -0.1) is 0 Å². The van der Waals surface area contributed by atoms with E-state index in [1.165, 1.54) is 6.33 Å². The predicted octanol–water partition coefficient (Wildman–Crippen LogP) is 3.72. The summed E-state index contributed by atoms with van der Waals surface area (Å²) in [6.45, 7) is 2.53. The third kappa shape index (κ3) is 4.68. The van der Waals surface area contributed by atoms with Gasteiger partial charge in [-0.25, -0.2) is 9.97 Å². The number of halogens is 1. The lowest BCUT2D eigenvalue weighted by Crippen LogP contribution is -2.30. The van der Waals surface area contributed by atoms with Gasteiger partial charge >= 0.3 is 0 Å². The highest BCUT2D eigenvalue weighted by molar-refractivity contribution is 9.10. The Kier molecular flexibility index (Phi) is 6.28. The zero-order chi connectivity index (χ0) is 19.9. The molecular weight excluding hydrogens is 424 g/mol. The van der Waals surface area contributed by atoms with Gasteiger partial charge in [0.15, 0.2) is 11.6 Å². The van der Waals surface area contributed by atoms with Gasteiger partial charge < -0.3 is 15.8 Å². The maximum Gasteiger partial charge on any atom is 0.270 e. The summed E-state index contributed by atoms with van der Waals surface area (Å²) in [4.78, 5) is 20.5. The van der Waals surface area contributed by atoms with E-state index in [0.29, 0.717) is 22.5 Å². The molecule has 0 bridgehead atoms. The van der Waals surface area contributed by atoms with Crippen LogP contribution in [0.15, 0.2) is 59.3 Å². The molecule has 8 nitrogen and oxygen atoms in total. The van der Waals surface area contributed by atoms with Gasteiger partial charge in [0, 0.05) is 10.2 Å². The van der Waals surface area contributed by atoms with Crippen molar-refractivity contribution < 1.29 is 9.53 Å². The zero-order valence-electron chi connectivity index (χ0n) is 15.1. The molecule has 3 aromatic rings. The number of carbonyl (C=O) groups excluding carboxylic acids is 1. The van der Waals surface area contributed by atoms with Crippen LogP contribution in [0.1, 0.15) is 17.3 Å². The van der Waals surface area contributed by atoms with Crippen LogP contribution in [0.2, 0.25) is 0 Å². The summed E-state index contributed by atoms with van der Waals surface area (Å²) in [6, 6.07) is 14.5. The van der Waals surface area contributed by atoms with Crippen LogP contribution in [0.3, 0.4) is 0 Å². The summed E-state index contributed by atoms with van der Waals surface area (Å²) in [7, 11) is 0. The Morgan fingerprint density at radius 1 is 1.11 bits per heavy atom. The van der Waals surface area contributed by atoms with Crippen LogP contribution in [-0.2, 0) is 0 Å². The van der Waals surface area contributed by atoms with Crippen molar-refractivity contribution in [2.75, 3.05) is 23.1 Å². The maximum atomic E-state index is 12.3. The number of nitrogens with zero attached hydrogens (tertiary/aromatic N) is 2. The molecule has 0 radical (unpaired) electrons. The van der Waals surface area contributed by atoms with Crippen molar-refractivity contribution in [3.05, 3.63) is 64.9 Å². The van der Waals surface area contributed by atoms with Crippen molar-refractivity contribution in [3.63, 3.8) is 0 Å². The number of benzene rings is 2. The molecule has 28 heavy (non-hydrogen) atoms. The Hall–Kier alpha value is -3.33. The Morgan fingerprint density at radius 3 is 2.54 bits per heavy atom. The molecule has 0 fully saturated rings. The number of anilines is 4. The lowest BCUT2D eigenvalue weighted by molar-refractivity contribution is 0.0961. The topological polar surface area (TPSA) is 114 Å². The van der Waals surface area contributed by atoms with E-state index in [0.717, 1.165) is 11.4 Å². The van der Waals surface area contributed by atoms with Crippen LogP contribution in [-0.4, -0.2) is 22.5 Å². The van der Waals surface area contributed by atoms with Crippen LogP contribution in [0.4, 0.5) is 23.0 Å². The standard InChI is InChI=1S/C19H19BrN6O2/c1-2-28-13-9-7-12(8-10-13)24-17-16(21)18(23-11-22-17)25-26-19(27)14-5-3-4-6-15(14)20/h3-11H,2,21H2,1H3,(H,26,27)(H2,22,23,24,25). The van der Waals surface area contributed by atoms with Crippen molar-refractivity contribution in [3.8, 4) is 5.75 Å². The monoisotopic (exact) mass is 442 g/mol. The number of ether oxygens (including phenoxy) is 1. The molecule has 0 unspecified atom stereocenters. The van der Waals surface area contributed by atoms with Crippen LogP contribution < -0.4 is 26.6 Å². The highest BCUT2D eigenvalue weighted by Crippen LogP contribution is 2.26. The average Bonchev–Trinajstić information content (AvgIpc) is 2.70. The Balaban J connectivity index is 1.69. The molecule has 0 spiro atoms. The van der Waals surface area contributed by atoms with E-state index in [2.05, 4.69) is 42.1 Å². The number of nitrogens with two attached hydrogens (primary N) is 1. The van der Waals surface area contributed by atoms with E-state index >= 15 is 0 Å². The minimum atomic E-state index is -0.327. The molecule has 2 aromatic carbocycles. The Bertz CT molecular complexity index is 965. The molecule has 144 valence electrons. The molecule has 0 saturated heterocycles. The molecule has 0 atom stereocenters. The van der Waals surface area contributed by atoms with Gasteiger partial charge in [-0.1, -0.05) is 12.1 Å². The van der Waals surface area contributed by atoms with Crippen LogP contribution in [0, 0.1) is 0 Å². The van der Waals surface area contributed by atoms with Crippen molar-refractivity contribution >= 4 is 44.8 Å². The first kappa shape index (κ1) is 19.4. The summed E-state index contributed by atoms with van der Waals surface area (Å²) in [5.41, 5.74) is 13.0. The maximum absolute atomic E-state index is 12.3. The fourth-order valence-corrected chi connectivity index (χ4v) is 2.83. The predicted molar refractivity (Wildman–Crippen MR) is 113 cm³/mol. The lowest BCUT2D eigenvalue weighted by Gasteiger charge is -2.14. The van der Waals surface area contributed by atoms with E-state index in [1.54, 1.807) is 18.2 Å². The van der Waals surface area contributed by atoms with Gasteiger partial charge in [-0.3, -0.25) is 15.6 Å². The zero-order valence-corrected chi connectivity index (χ0v) is 16.7. The Labute approximate surface area is 170 Å². The number of rotatable bonds is 7. The quantitative estimate of drug-likeness (QED) is 0.412. The van der Waals surface area contributed by atoms with Crippen LogP contribution >= 0.6 is 15.9 Å². The molecule has 1 amide bonds. The van der Waals surface area contributed by atoms with Crippen molar-refractivity contribution in [2.45, 2.75) is 6.92 Å². The molecular formula is C19H19BrN6O2. The van der Waals surface area contributed by atoms with Gasteiger partial charge in [0.25, 0.3) is 5.91 Å². The smallest absolute Gasteiger partial charge is 0.270 e. The van der Waals surface area contributed by atoms with Crippen molar-refractivity contribution in [1.29, 1.82) is 0 Å². The molecule has 9 heteroatoms. The third-order valence-corrected chi connectivity index (χ3v) is 4.42. The van der Waals surface area contributed by atoms with Crippen molar-refractivity contribution in [2.24, 2.45) is 0 Å². The minimum absolute atomic E-state index is 0.267. The summed E-state index contributed by atoms with van der Waals surface area (Å²) < 4.78 is 6.10. The van der Waals surface area contributed by atoms with Gasteiger partial charge in [-0.2, -0.15) is 0 Å². The lowest BCUT2D eigenvalue weighted by atomic mass is 10.2. The molecule has 0 aliphatic rings. The van der Waals surface area contributed by atoms with Crippen molar-refractivity contribution in [1.82, 2.24) is 15.4 Å². The summed E-state index contributed by atoms with van der Waals surface area (Å²) in [6.07, 6.45) is 1.35. The molecule has 3 rings (SSSR count). The summed E-state index contributed by atoms with van der Waals surface area (Å²) in [5, 5.41) is 3.12. The summed E-state index contributed by atoms with van der Waals surface area (Å²) >= 11 is 3.34. The molecule has 1 aromatic heterocycles. The number of carbonyl (C=O) groups is 1. The van der Waals surface area contributed by atoms with E-state index in [1.807, 2.05) is 37.3 Å². The average molecular weight is 443 g/mol. The highest BCUT2D eigenvalue weighted by Gasteiger charge is 2.12. The number of hydrazine groups is 1. The minimum Gasteiger partial charge on any atom is -0.494 e. The van der Waals surface area contributed by atoms with E-state index in [4.69, 9.17) is 10.5 Å². The first-order valence-corrected chi connectivity index (χ1v) is 9.29. The molecule has 0 saturated carbocycles. The van der Waals surface area contributed by atoms with E-state index < -0.39 is 0 Å². The molecule has 5 N–H and O–H groups in total. The first-order valence-electron chi connectivity index (χ1n) is 8.49. The second-order valence-electron chi connectivity index (χ2n) is 5.63. The number of aromatic nitrogens is 2. The SMILES string of the molecule is CCOc1ccc(Nc2ncnc(NNC(=O)c3ccccc3Br)c2N)cc1. The normalized spacial score (nSPS) is 10.2. The number of amides is 1. The van der Waals surface area contributed by atoms with E-state index in [9.17, 15) is 4.79 Å². The third-order valence-electron chi connectivity index (χ3n) is 3.72. The first-order chi connectivity index (χ1) is 13.6. The van der Waals surface area contributed by atoms with Crippen LogP contribution in [0.5, 0.6) is 5.75 Å². The fourth-order valence-electron chi connectivity index (χ4n) is 2.36. The largest absolute Gasteiger partial charge is 0.494 e. The molecule has 0 aliphatic carbocycles. The van der Waals surface area contributed by atoms with E-state index in [-0.39, 0.29) is 17.4 Å². The number of nitrogens with one attached hydrogen (secondary N) is 3. The number of hydrogen-bond acceptors (Lipinski definition) is 7. The molecule has 1 heterocycles. The number of nitrogen functional groups attached to an aromatic ring is 1. The second-order valence-corrected chi connectivity index (χ2v) is 6.48. The van der Waals surface area contributed by atoms with Gasteiger partial charge in [0.2, 0.25) is 0 Å². The Morgan fingerprint density at radius 2 is 1.82 bits per heavy atom. The van der Waals surface area contributed by atoms with Gasteiger partial charge in [-0.05, 0) is 59.3 Å². The van der Waals surface area contributed by atoms with Crippen LogP contribution in [0.25, 0.3) is 0 Å². The fraction of sp³-hybridized carbons (Fsp3) is 0.105. The molecule has 0 aliphatic heterocycles. The summed E-state index contributed by atoms with van der Waals surface area (Å²) in [5.74, 6) is 1.15. The highest BCUT2D eigenvalue weighted by atomic mass is 79.9.